The number of anilines is 1. The Hall–Kier alpha value is -3.06. The maximum Gasteiger partial charge on any atom is 0.329 e. The number of hydrogen-bond acceptors (Lipinski definition) is 5. The number of para-hydroxylation sites is 1. The van der Waals surface area contributed by atoms with Crippen LogP contribution in [0.3, 0.4) is 0 Å². The van der Waals surface area contributed by atoms with Crippen LogP contribution in [-0.2, 0) is 9.59 Å². The number of carbonyl (C=O) groups excluding carboxylic acids is 2. The van der Waals surface area contributed by atoms with Crippen LogP contribution in [-0.4, -0.2) is 31.2 Å². The van der Waals surface area contributed by atoms with E-state index in [1.54, 1.807) is 24.3 Å². The fourth-order valence-corrected chi connectivity index (χ4v) is 2.59. The molecule has 0 saturated heterocycles. The normalized spacial score (nSPS) is 10.6. The third-order valence-corrected chi connectivity index (χ3v) is 3.88. The Morgan fingerprint density at radius 3 is 2.50 bits per heavy atom. The van der Waals surface area contributed by atoms with Gasteiger partial charge in [-0.1, -0.05) is 29.8 Å². The Labute approximate surface area is 168 Å². The highest BCUT2D eigenvalue weighted by Gasteiger charge is 2.14. The molecule has 0 atom stereocenters. The smallest absolute Gasteiger partial charge is 0.329 e. The number of hydrogen-bond donors (Lipinski definition) is 2. The van der Waals surface area contributed by atoms with Crippen molar-refractivity contribution >= 4 is 35.3 Å². The summed E-state index contributed by atoms with van der Waals surface area (Å²) in [5, 5.41) is 6.70. The number of ether oxygens (including phenoxy) is 2. The minimum atomic E-state index is -0.887. The van der Waals surface area contributed by atoms with Crippen molar-refractivity contribution in [3.8, 4) is 11.5 Å². The van der Waals surface area contributed by atoms with Gasteiger partial charge < -0.3 is 14.8 Å². The van der Waals surface area contributed by atoms with E-state index in [4.69, 9.17) is 21.1 Å². The molecule has 2 N–H and O–H groups in total. The number of benzene rings is 2. The molecule has 0 aromatic heterocycles. The first-order valence-corrected chi connectivity index (χ1v) is 9.13. The Kier molecular flexibility index (Phi) is 7.83. The molecule has 0 fully saturated rings. The van der Waals surface area contributed by atoms with Crippen LogP contribution in [0.15, 0.2) is 41.5 Å². The average molecular weight is 404 g/mol. The molecule has 28 heavy (non-hydrogen) atoms. The van der Waals surface area contributed by atoms with Gasteiger partial charge in [0.25, 0.3) is 0 Å². The van der Waals surface area contributed by atoms with Gasteiger partial charge in [0.15, 0.2) is 11.5 Å². The van der Waals surface area contributed by atoms with Crippen LogP contribution in [0, 0.1) is 6.92 Å². The summed E-state index contributed by atoms with van der Waals surface area (Å²) >= 11 is 6.23. The first kappa shape index (κ1) is 21.2. The molecule has 148 valence electrons. The highest BCUT2D eigenvalue weighted by Crippen LogP contribution is 2.36. The minimum absolute atomic E-state index is 0.359. The molecule has 2 rings (SSSR count). The molecule has 0 aliphatic carbocycles. The molecule has 0 radical (unpaired) electrons. The van der Waals surface area contributed by atoms with E-state index in [1.807, 2.05) is 32.9 Å². The molecule has 0 spiro atoms. The van der Waals surface area contributed by atoms with Crippen LogP contribution in [0.25, 0.3) is 0 Å². The molecular weight excluding hydrogens is 382 g/mol. The summed E-state index contributed by atoms with van der Waals surface area (Å²) in [6.45, 7) is 6.40. The maximum absolute atomic E-state index is 12.0. The summed E-state index contributed by atoms with van der Waals surface area (Å²) in [7, 11) is 0. The predicted octanol–water partition coefficient (Wildman–Crippen LogP) is 3.53. The first-order valence-electron chi connectivity index (χ1n) is 8.75. The molecule has 2 aromatic carbocycles. The molecular formula is C20H22ClN3O4. The summed E-state index contributed by atoms with van der Waals surface area (Å²) in [5.41, 5.74) is 4.17. The quantitative estimate of drug-likeness (QED) is 0.420. The zero-order valence-corrected chi connectivity index (χ0v) is 16.7. The largest absolute Gasteiger partial charge is 0.490 e. The van der Waals surface area contributed by atoms with Crippen LogP contribution in [0.5, 0.6) is 11.5 Å². The second-order valence-electron chi connectivity index (χ2n) is 5.66. The van der Waals surface area contributed by atoms with Crippen molar-refractivity contribution in [2.75, 3.05) is 18.5 Å². The molecule has 0 saturated carbocycles. The van der Waals surface area contributed by atoms with Crippen LogP contribution < -0.4 is 20.2 Å². The summed E-state index contributed by atoms with van der Waals surface area (Å²) in [6.07, 6.45) is 1.36. The number of amides is 2. The van der Waals surface area contributed by atoms with E-state index in [-0.39, 0.29) is 0 Å². The van der Waals surface area contributed by atoms with Crippen molar-refractivity contribution < 1.29 is 19.1 Å². The molecule has 2 aromatic rings. The fourth-order valence-electron chi connectivity index (χ4n) is 2.32. The molecule has 0 aliphatic rings. The number of carbonyl (C=O) groups is 2. The lowest BCUT2D eigenvalue weighted by atomic mass is 10.2. The van der Waals surface area contributed by atoms with E-state index in [9.17, 15) is 9.59 Å². The van der Waals surface area contributed by atoms with Gasteiger partial charge >= 0.3 is 11.8 Å². The van der Waals surface area contributed by atoms with Gasteiger partial charge in [-0.15, -0.1) is 0 Å². The number of nitrogens with one attached hydrogen (secondary N) is 2. The third kappa shape index (κ3) is 5.72. The number of rotatable bonds is 7. The van der Waals surface area contributed by atoms with E-state index < -0.39 is 11.8 Å². The van der Waals surface area contributed by atoms with Gasteiger partial charge in [0.05, 0.1) is 24.5 Å². The van der Waals surface area contributed by atoms with E-state index in [2.05, 4.69) is 15.8 Å². The third-order valence-electron chi connectivity index (χ3n) is 3.60. The Bertz CT molecular complexity index is 884. The van der Waals surface area contributed by atoms with Crippen molar-refractivity contribution in [2.24, 2.45) is 5.10 Å². The van der Waals surface area contributed by atoms with Gasteiger partial charge in [0.2, 0.25) is 0 Å². The molecule has 2 amide bonds. The SMILES string of the molecule is CCOc1cc(/C=N\NC(=O)C(=O)Nc2ccccc2C)cc(Cl)c1OCC. The lowest BCUT2D eigenvalue weighted by molar-refractivity contribution is -0.136. The van der Waals surface area contributed by atoms with E-state index >= 15 is 0 Å². The monoisotopic (exact) mass is 403 g/mol. The average Bonchev–Trinajstić information content (AvgIpc) is 2.66. The van der Waals surface area contributed by atoms with Gasteiger partial charge in [-0.2, -0.15) is 5.10 Å². The molecule has 0 unspecified atom stereocenters. The van der Waals surface area contributed by atoms with Gasteiger partial charge in [-0.3, -0.25) is 9.59 Å². The van der Waals surface area contributed by atoms with Crippen molar-refractivity contribution in [3.63, 3.8) is 0 Å². The minimum Gasteiger partial charge on any atom is -0.490 e. The van der Waals surface area contributed by atoms with E-state index in [1.165, 1.54) is 6.21 Å². The second-order valence-corrected chi connectivity index (χ2v) is 6.07. The number of hydrazone groups is 1. The van der Waals surface area contributed by atoms with Crippen molar-refractivity contribution in [1.29, 1.82) is 0 Å². The van der Waals surface area contributed by atoms with Gasteiger partial charge in [-0.05, 0) is 50.1 Å². The van der Waals surface area contributed by atoms with Crippen molar-refractivity contribution in [3.05, 3.63) is 52.5 Å². The van der Waals surface area contributed by atoms with E-state index in [0.717, 1.165) is 5.56 Å². The van der Waals surface area contributed by atoms with Gasteiger partial charge in [0, 0.05) is 5.69 Å². The summed E-state index contributed by atoms with van der Waals surface area (Å²) in [5.74, 6) is -0.778. The van der Waals surface area contributed by atoms with Crippen LogP contribution in [0.2, 0.25) is 5.02 Å². The van der Waals surface area contributed by atoms with Gasteiger partial charge in [0.1, 0.15) is 0 Å². The molecule has 0 aliphatic heterocycles. The highest BCUT2D eigenvalue weighted by molar-refractivity contribution is 6.39. The Morgan fingerprint density at radius 1 is 1.11 bits per heavy atom. The Balaban J connectivity index is 2.04. The molecule has 7 nitrogen and oxygen atoms in total. The van der Waals surface area contributed by atoms with Crippen LogP contribution >= 0.6 is 11.6 Å². The van der Waals surface area contributed by atoms with Crippen molar-refractivity contribution in [2.45, 2.75) is 20.8 Å². The highest BCUT2D eigenvalue weighted by atomic mass is 35.5. The fraction of sp³-hybridized carbons (Fsp3) is 0.250. The summed E-state index contributed by atoms with van der Waals surface area (Å²) < 4.78 is 11.0. The zero-order valence-electron chi connectivity index (χ0n) is 15.9. The van der Waals surface area contributed by atoms with Crippen LogP contribution in [0.4, 0.5) is 5.69 Å². The van der Waals surface area contributed by atoms with Crippen molar-refractivity contribution in [1.82, 2.24) is 5.43 Å². The predicted molar refractivity (Wildman–Crippen MR) is 109 cm³/mol. The molecule has 8 heteroatoms. The first-order chi connectivity index (χ1) is 13.5. The van der Waals surface area contributed by atoms with Crippen LogP contribution in [0.1, 0.15) is 25.0 Å². The summed E-state index contributed by atoms with van der Waals surface area (Å²) in [4.78, 5) is 23.9. The number of halogens is 1. The molecule has 0 heterocycles. The van der Waals surface area contributed by atoms with Gasteiger partial charge in [-0.25, -0.2) is 5.43 Å². The number of nitrogens with zero attached hydrogens (tertiary/aromatic N) is 1. The summed E-state index contributed by atoms with van der Waals surface area (Å²) in [6, 6.07) is 10.5. The van der Waals surface area contributed by atoms with E-state index in [0.29, 0.717) is 41.0 Å². The lowest BCUT2D eigenvalue weighted by Gasteiger charge is -2.13. The molecule has 0 bridgehead atoms. The maximum atomic E-state index is 12.0. The Morgan fingerprint density at radius 2 is 1.82 bits per heavy atom. The zero-order chi connectivity index (χ0) is 20.5. The standard InChI is InChI=1S/C20H22ClN3O4/c1-4-27-17-11-14(10-15(21)18(17)28-5-2)12-22-24-20(26)19(25)23-16-9-7-6-8-13(16)3/h6-12H,4-5H2,1-3H3,(H,23,25)(H,24,26)/b22-12-. The number of aryl methyl sites for hydroxylation is 1. The topological polar surface area (TPSA) is 89.0 Å². The second kappa shape index (κ2) is 10.3. The lowest BCUT2D eigenvalue weighted by Crippen LogP contribution is -2.32.